The van der Waals surface area contributed by atoms with Gasteiger partial charge < -0.3 is 19.3 Å². The second-order valence-corrected chi connectivity index (χ2v) is 4.68. The highest BCUT2D eigenvalue weighted by molar-refractivity contribution is 4.88. The Bertz CT molecular complexity index is 213. The first-order chi connectivity index (χ1) is 7.76. The maximum Gasteiger partial charge on any atom is 0.171 e. The fraction of sp³-hybridized carbons (Fsp3) is 1.00. The molecule has 0 radical (unpaired) electrons. The second-order valence-electron chi connectivity index (χ2n) is 4.68. The van der Waals surface area contributed by atoms with Gasteiger partial charge in [0.2, 0.25) is 0 Å². The molecule has 94 valence electrons. The van der Waals surface area contributed by atoms with E-state index in [4.69, 9.17) is 14.2 Å². The van der Waals surface area contributed by atoms with Crippen molar-refractivity contribution in [1.82, 2.24) is 0 Å². The van der Waals surface area contributed by atoms with E-state index in [-0.39, 0.29) is 12.2 Å². The van der Waals surface area contributed by atoms with Gasteiger partial charge in [0, 0.05) is 19.4 Å². The van der Waals surface area contributed by atoms with Gasteiger partial charge in [0.15, 0.2) is 5.79 Å². The van der Waals surface area contributed by atoms with Crippen molar-refractivity contribution in [3.63, 3.8) is 0 Å². The number of hydrogen-bond donors (Lipinski definition) is 1. The van der Waals surface area contributed by atoms with E-state index < -0.39 is 5.79 Å². The summed E-state index contributed by atoms with van der Waals surface area (Å²) in [5.41, 5.74) is 0. The molecule has 1 saturated heterocycles. The van der Waals surface area contributed by atoms with Crippen LogP contribution in [0.3, 0.4) is 0 Å². The molecule has 2 aliphatic rings. The molecule has 0 aromatic carbocycles. The Balaban J connectivity index is 1.84. The molecule has 0 bridgehead atoms. The summed E-state index contributed by atoms with van der Waals surface area (Å²) in [6.07, 6.45) is 3.81. The van der Waals surface area contributed by atoms with Crippen LogP contribution in [0.5, 0.6) is 0 Å². The predicted molar refractivity (Wildman–Crippen MR) is 59.1 cm³/mol. The molecule has 4 nitrogen and oxygen atoms in total. The number of unbranched alkanes of at least 4 members (excludes halogenated alkanes) is 1. The van der Waals surface area contributed by atoms with Crippen molar-refractivity contribution in [3.8, 4) is 0 Å². The van der Waals surface area contributed by atoms with Crippen LogP contribution in [0.25, 0.3) is 0 Å². The predicted octanol–water partition coefficient (Wildman–Crippen LogP) is 1.46. The van der Waals surface area contributed by atoms with E-state index in [2.05, 4.69) is 6.92 Å². The molecule has 1 heterocycles. The van der Waals surface area contributed by atoms with Crippen LogP contribution in [0.15, 0.2) is 0 Å². The van der Waals surface area contributed by atoms with Crippen LogP contribution < -0.4 is 0 Å². The lowest BCUT2D eigenvalue weighted by atomic mass is 9.89. The van der Waals surface area contributed by atoms with Gasteiger partial charge in [-0.05, 0) is 12.8 Å². The average molecular weight is 230 g/mol. The van der Waals surface area contributed by atoms with E-state index in [1.807, 2.05) is 0 Å². The monoisotopic (exact) mass is 230 g/mol. The molecule has 1 spiro atoms. The zero-order chi connectivity index (χ0) is 11.4. The Morgan fingerprint density at radius 1 is 1.38 bits per heavy atom. The fourth-order valence-corrected chi connectivity index (χ4v) is 2.41. The lowest BCUT2D eigenvalue weighted by molar-refractivity contribution is -0.221. The van der Waals surface area contributed by atoms with Gasteiger partial charge in [0.25, 0.3) is 0 Å². The smallest absolute Gasteiger partial charge is 0.171 e. The molecular formula is C12H22O4. The molecule has 1 aliphatic heterocycles. The number of aliphatic hydroxyl groups is 1. The Kier molecular flexibility index (Phi) is 4.19. The summed E-state index contributed by atoms with van der Waals surface area (Å²) in [4.78, 5) is 0. The molecule has 1 aliphatic carbocycles. The van der Waals surface area contributed by atoms with Crippen LogP contribution in [-0.4, -0.2) is 42.9 Å². The minimum Gasteiger partial charge on any atom is -0.390 e. The lowest BCUT2D eigenvalue weighted by Crippen LogP contribution is -2.46. The molecule has 2 rings (SSSR count). The molecule has 2 atom stereocenters. The molecular weight excluding hydrogens is 208 g/mol. The van der Waals surface area contributed by atoms with E-state index >= 15 is 0 Å². The van der Waals surface area contributed by atoms with Crippen molar-refractivity contribution in [2.75, 3.05) is 19.8 Å². The Hall–Kier alpha value is -0.160. The van der Waals surface area contributed by atoms with Crippen molar-refractivity contribution >= 4 is 0 Å². The van der Waals surface area contributed by atoms with E-state index in [0.29, 0.717) is 32.7 Å². The first-order valence-corrected chi connectivity index (χ1v) is 6.33. The number of ether oxygens (including phenoxy) is 3. The minimum absolute atomic E-state index is 0.126. The van der Waals surface area contributed by atoms with Gasteiger partial charge in [-0.15, -0.1) is 0 Å². The van der Waals surface area contributed by atoms with Gasteiger partial charge >= 0.3 is 0 Å². The second kappa shape index (κ2) is 5.45. The third-order valence-corrected chi connectivity index (χ3v) is 3.41. The van der Waals surface area contributed by atoms with Crippen LogP contribution in [0.4, 0.5) is 0 Å². The highest BCUT2D eigenvalue weighted by Crippen LogP contribution is 2.37. The fourth-order valence-electron chi connectivity index (χ4n) is 2.41. The molecule has 2 unspecified atom stereocenters. The summed E-state index contributed by atoms with van der Waals surface area (Å²) in [5.74, 6) is -0.462. The van der Waals surface area contributed by atoms with Gasteiger partial charge in [-0.3, -0.25) is 0 Å². The quantitative estimate of drug-likeness (QED) is 0.743. The molecule has 0 amide bonds. The summed E-state index contributed by atoms with van der Waals surface area (Å²) < 4.78 is 17.0. The van der Waals surface area contributed by atoms with Crippen molar-refractivity contribution in [3.05, 3.63) is 0 Å². The molecule has 16 heavy (non-hydrogen) atoms. The number of hydrogen-bond acceptors (Lipinski definition) is 4. The third-order valence-electron chi connectivity index (χ3n) is 3.41. The standard InChI is InChI=1S/C12H22O4/c1-2-3-6-14-11-9-12(5-4-10(11)13)15-7-8-16-12/h10-11,13H,2-9H2,1H3. The van der Waals surface area contributed by atoms with E-state index in [9.17, 15) is 5.11 Å². The highest BCUT2D eigenvalue weighted by Gasteiger charge is 2.45. The zero-order valence-corrected chi connectivity index (χ0v) is 9.98. The topological polar surface area (TPSA) is 47.9 Å². The summed E-state index contributed by atoms with van der Waals surface area (Å²) in [7, 11) is 0. The average Bonchev–Trinajstić information content (AvgIpc) is 2.73. The summed E-state index contributed by atoms with van der Waals surface area (Å²) >= 11 is 0. The van der Waals surface area contributed by atoms with Crippen molar-refractivity contribution in [2.45, 2.75) is 57.0 Å². The minimum atomic E-state index is -0.462. The summed E-state index contributed by atoms with van der Waals surface area (Å²) in [6.45, 7) is 4.18. The molecule has 0 aromatic rings. The van der Waals surface area contributed by atoms with Gasteiger partial charge in [-0.2, -0.15) is 0 Å². The van der Waals surface area contributed by atoms with Crippen molar-refractivity contribution in [1.29, 1.82) is 0 Å². The Morgan fingerprint density at radius 2 is 2.12 bits per heavy atom. The highest BCUT2D eigenvalue weighted by atomic mass is 16.7. The summed E-state index contributed by atoms with van der Waals surface area (Å²) in [5, 5.41) is 9.88. The van der Waals surface area contributed by atoms with Crippen LogP contribution in [-0.2, 0) is 14.2 Å². The van der Waals surface area contributed by atoms with Crippen LogP contribution in [0.2, 0.25) is 0 Å². The van der Waals surface area contributed by atoms with Crippen LogP contribution in [0, 0.1) is 0 Å². The molecule has 0 aromatic heterocycles. The SMILES string of the molecule is CCCCOC1CC2(CCC1O)OCCO2. The normalized spacial score (nSPS) is 33.4. The van der Waals surface area contributed by atoms with Gasteiger partial charge in [0.05, 0.1) is 25.4 Å². The summed E-state index contributed by atoms with van der Waals surface area (Å²) in [6, 6.07) is 0. The molecule has 4 heteroatoms. The Morgan fingerprint density at radius 3 is 2.81 bits per heavy atom. The maximum atomic E-state index is 9.88. The van der Waals surface area contributed by atoms with E-state index in [1.165, 1.54) is 0 Å². The first-order valence-electron chi connectivity index (χ1n) is 6.33. The molecule has 2 fully saturated rings. The third kappa shape index (κ3) is 2.74. The van der Waals surface area contributed by atoms with Gasteiger partial charge in [-0.25, -0.2) is 0 Å². The molecule has 1 saturated carbocycles. The van der Waals surface area contributed by atoms with Crippen molar-refractivity contribution < 1.29 is 19.3 Å². The Labute approximate surface area is 96.9 Å². The first kappa shape index (κ1) is 12.3. The van der Waals surface area contributed by atoms with Crippen molar-refractivity contribution in [2.24, 2.45) is 0 Å². The number of aliphatic hydroxyl groups excluding tert-OH is 1. The van der Waals surface area contributed by atoms with Gasteiger partial charge in [-0.1, -0.05) is 13.3 Å². The lowest BCUT2D eigenvalue weighted by Gasteiger charge is -2.38. The van der Waals surface area contributed by atoms with Crippen LogP contribution >= 0.6 is 0 Å². The largest absolute Gasteiger partial charge is 0.390 e. The molecule has 1 N–H and O–H groups in total. The van der Waals surface area contributed by atoms with Crippen LogP contribution in [0.1, 0.15) is 39.0 Å². The van der Waals surface area contributed by atoms with E-state index in [0.717, 1.165) is 19.3 Å². The van der Waals surface area contributed by atoms with E-state index in [1.54, 1.807) is 0 Å². The maximum absolute atomic E-state index is 9.88. The number of rotatable bonds is 4. The van der Waals surface area contributed by atoms with Gasteiger partial charge in [0.1, 0.15) is 0 Å². The zero-order valence-electron chi connectivity index (χ0n) is 9.98.